The Labute approximate surface area is 185 Å². The van der Waals surface area contributed by atoms with E-state index in [1.807, 2.05) is 42.5 Å². The molecule has 1 aliphatic carbocycles. The van der Waals surface area contributed by atoms with Crippen LogP contribution in [0.5, 0.6) is 5.75 Å². The second-order valence-electron chi connectivity index (χ2n) is 8.13. The molecule has 1 fully saturated rings. The lowest BCUT2D eigenvalue weighted by Crippen LogP contribution is -2.38. The summed E-state index contributed by atoms with van der Waals surface area (Å²) in [6, 6.07) is 16.0. The molecule has 0 bridgehead atoms. The quantitative estimate of drug-likeness (QED) is 0.504. The van der Waals surface area contributed by atoms with Crippen molar-refractivity contribution in [1.29, 1.82) is 0 Å². The molecule has 31 heavy (non-hydrogen) atoms. The van der Waals surface area contributed by atoms with E-state index < -0.39 is 0 Å². The minimum absolute atomic E-state index is 0.0192. The molecule has 3 rings (SSSR count). The molecule has 166 valence electrons. The Bertz CT molecular complexity index is 889. The van der Waals surface area contributed by atoms with Gasteiger partial charge in [-0.3, -0.25) is 9.79 Å². The van der Waals surface area contributed by atoms with Crippen molar-refractivity contribution < 1.29 is 9.53 Å². The Kier molecular flexibility index (Phi) is 8.33. The summed E-state index contributed by atoms with van der Waals surface area (Å²) in [4.78, 5) is 18.1. The van der Waals surface area contributed by atoms with Crippen LogP contribution in [0, 0.1) is 0 Å². The van der Waals surface area contributed by atoms with Gasteiger partial charge in [0.1, 0.15) is 5.75 Å². The van der Waals surface area contributed by atoms with Crippen molar-refractivity contribution in [2.45, 2.75) is 44.8 Å². The maximum absolute atomic E-state index is 12.2. The standard InChI is InChI=1S/C25H34N4O2/c1-26-25(27-16-15-19-9-8-11-20(17-19)24(30)29(2)3)28-18-21-10-4-7-14-23(21)31-22-12-5-6-13-22/h4,7-11,14,17,22H,5-6,12-13,15-16,18H2,1-3H3,(H2,26,27,28). The average Bonchev–Trinajstić information content (AvgIpc) is 3.29. The van der Waals surface area contributed by atoms with Crippen LogP contribution in [-0.4, -0.2) is 50.6 Å². The van der Waals surface area contributed by atoms with E-state index in [-0.39, 0.29) is 5.91 Å². The largest absolute Gasteiger partial charge is 0.490 e. The number of para-hydroxylation sites is 1. The molecule has 1 aliphatic rings. The third-order valence-electron chi connectivity index (χ3n) is 5.52. The Morgan fingerprint density at radius 2 is 1.87 bits per heavy atom. The Hall–Kier alpha value is -3.02. The van der Waals surface area contributed by atoms with E-state index in [4.69, 9.17) is 4.74 Å². The van der Waals surface area contributed by atoms with Crippen molar-refractivity contribution in [2.75, 3.05) is 27.7 Å². The first-order valence-electron chi connectivity index (χ1n) is 11.1. The van der Waals surface area contributed by atoms with Crippen LogP contribution in [0.15, 0.2) is 53.5 Å². The van der Waals surface area contributed by atoms with Crippen LogP contribution in [0.4, 0.5) is 0 Å². The topological polar surface area (TPSA) is 66.0 Å². The van der Waals surface area contributed by atoms with Gasteiger partial charge in [-0.25, -0.2) is 0 Å². The number of hydrogen-bond donors (Lipinski definition) is 2. The number of amides is 1. The molecule has 6 heteroatoms. The molecule has 2 aromatic rings. The summed E-state index contributed by atoms with van der Waals surface area (Å²) >= 11 is 0. The molecular weight excluding hydrogens is 388 g/mol. The zero-order chi connectivity index (χ0) is 22.1. The van der Waals surface area contributed by atoms with Gasteiger partial charge in [-0.05, 0) is 55.9 Å². The number of carbonyl (C=O) groups excluding carboxylic acids is 1. The molecule has 0 aromatic heterocycles. The van der Waals surface area contributed by atoms with Gasteiger partial charge in [-0.15, -0.1) is 0 Å². The minimum Gasteiger partial charge on any atom is -0.490 e. The van der Waals surface area contributed by atoms with Crippen LogP contribution in [0.3, 0.4) is 0 Å². The third kappa shape index (κ3) is 6.74. The fraction of sp³-hybridized carbons (Fsp3) is 0.440. The molecule has 0 saturated heterocycles. The van der Waals surface area contributed by atoms with E-state index in [0.717, 1.165) is 48.6 Å². The second-order valence-corrected chi connectivity index (χ2v) is 8.13. The van der Waals surface area contributed by atoms with Crippen LogP contribution in [-0.2, 0) is 13.0 Å². The van der Waals surface area contributed by atoms with Gasteiger partial charge in [0.05, 0.1) is 6.10 Å². The highest BCUT2D eigenvalue weighted by atomic mass is 16.5. The predicted octanol–water partition coefficient (Wildman–Crippen LogP) is 3.62. The van der Waals surface area contributed by atoms with Crippen molar-refractivity contribution >= 4 is 11.9 Å². The zero-order valence-corrected chi connectivity index (χ0v) is 18.9. The molecule has 1 saturated carbocycles. The highest BCUT2D eigenvalue weighted by Gasteiger charge is 2.17. The Morgan fingerprint density at radius 1 is 1.10 bits per heavy atom. The van der Waals surface area contributed by atoms with Crippen molar-refractivity contribution in [3.8, 4) is 5.75 Å². The highest BCUT2D eigenvalue weighted by Crippen LogP contribution is 2.26. The Balaban J connectivity index is 1.50. The molecule has 0 radical (unpaired) electrons. The van der Waals surface area contributed by atoms with E-state index in [1.54, 1.807) is 26.0 Å². The van der Waals surface area contributed by atoms with Gasteiger partial charge in [0.25, 0.3) is 5.91 Å². The van der Waals surface area contributed by atoms with Crippen LogP contribution >= 0.6 is 0 Å². The van der Waals surface area contributed by atoms with Gasteiger partial charge in [0.2, 0.25) is 0 Å². The summed E-state index contributed by atoms with van der Waals surface area (Å²) in [6.45, 7) is 1.37. The zero-order valence-electron chi connectivity index (χ0n) is 18.9. The molecule has 0 unspecified atom stereocenters. The number of rotatable bonds is 8. The van der Waals surface area contributed by atoms with Gasteiger partial charge in [-0.1, -0.05) is 30.3 Å². The first-order chi connectivity index (χ1) is 15.1. The fourth-order valence-corrected chi connectivity index (χ4v) is 3.79. The lowest BCUT2D eigenvalue weighted by molar-refractivity contribution is 0.0827. The molecule has 6 nitrogen and oxygen atoms in total. The number of nitrogens with one attached hydrogen (secondary N) is 2. The van der Waals surface area contributed by atoms with Gasteiger partial charge in [0, 0.05) is 45.4 Å². The summed E-state index contributed by atoms with van der Waals surface area (Å²) in [5.41, 5.74) is 2.96. The normalized spacial score (nSPS) is 14.4. The molecule has 2 N–H and O–H groups in total. The lowest BCUT2D eigenvalue weighted by atomic mass is 10.1. The average molecular weight is 423 g/mol. The number of ether oxygens (including phenoxy) is 1. The SMILES string of the molecule is CN=C(NCCc1cccc(C(=O)N(C)C)c1)NCc1ccccc1OC1CCCC1. The maximum Gasteiger partial charge on any atom is 0.253 e. The third-order valence-corrected chi connectivity index (χ3v) is 5.52. The van der Waals surface area contributed by atoms with Gasteiger partial charge < -0.3 is 20.3 Å². The van der Waals surface area contributed by atoms with Crippen molar-refractivity contribution in [3.63, 3.8) is 0 Å². The summed E-state index contributed by atoms with van der Waals surface area (Å²) in [5.74, 6) is 1.72. The van der Waals surface area contributed by atoms with Crippen molar-refractivity contribution in [3.05, 3.63) is 65.2 Å². The number of carbonyl (C=O) groups is 1. The summed E-state index contributed by atoms with van der Waals surface area (Å²) in [5, 5.41) is 6.73. The van der Waals surface area contributed by atoms with Crippen LogP contribution in [0.25, 0.3) is 0 Å². The summed E-state index contributed by atoms with van der Waals surface area (Å²) in [6.07, 6.45) is 5.95. The number of guanidine groups is 1. The first-order valence-corrected chi connectivity index (χ1v) is 11.1. The Morgan fingerprint density at radius 3 is 2.61 bits per heavy atom. The maximum atomic E-state index is 12.2. The highest BCUT2D eigenvalue weighted by molar-refractivity contribution is 5.94. The van der Waals surface area contributed by atoms with Crippen LogP contribution < -0.4 is 15.4 Å². The van der Waals surface area contributed by atoms with E-state index in [0.29, 0.717) is 18.2 Å². The molecule has 2 aromatic carbocycles. The number of benzene rings is 2. The van der Waals surface area contributed by atoms with Crippen molar-refractivity contribution in [1.82, 2.24) is 15.5 Å². The molecule has 0 spiro atoms. The van der Waals surface area contributed by atoms with Gasteiger partial charge in [0.15, 0.2) is 5.96 Å². The van der Waals surface area contributed by atoms with Crippen molar-refractivity contribution in [2.24, 2.45) is 4.99 Å². The second kappa shape index (κ2) is 11.4. The molecule has 0 atom stereocenters. The van der Waals surface area contributed by atoms with Crippen LogP contribution in [0.1, 0.15) is 47.2 Å². The number of hydrogen-bond acceptors (Lipinski definition) is 3. The van der Waals surface area contributed by atoms with E-state index >= 15 is 0 Å². The molecular formula is C25H34N4O2. The van der Waals surface area contributed by atoms with E-state index in [2.05, 4.69) is 21.7 Å². The summed E-state index contributed by atoms with van der Waals surface area (Å²) < 4.78 is 6.23. The van der Waals surface area contributed by atoms with E-state index in [1.165, 1.54) is 12.8 Å². The lowest BCUT2D eigenvalue weighted by Gasteiger charge is -2.18. The molecule has 1 amide bonds. The van der Waals surface area contributed by atoms with E-state index in [9.17, 15) is 4.79 Å². The summed E-state index contributed by atoms with van der Waals surface area (Å²) in [7, 11) is 5.30. The van der Waals surface area contributed by atoms with Gasteiger partial charge in [-0.2, -0.15) is 0 Å². The number of aliphatic imine (C=N–C) groups is 1. The number of nitrogens with zero attached hydrogens (tertiary/aromatic N) is 2. The first kappa shape index (κ1) is 22.7. The van der Waals surface area contributed by atoms with Gasteiger partial charge >= 0.3 is 0 Å². The monoisotopic (exact) mass is 422 g/mol. The molecule has 0 aliphatic heterocycles. The smallest absolute Gasteiger partial charge is 0.253 e. The van der Waals surface area contributed by atoms with Crippen LogP contribution in [0.2, 0.25) is 0 Å². The fourth-order valence-electron chi connectivity index (χ4n) is 3.79. The predicted molar refractivity (Wildman–Crippen MR) is 126 cm³/mol. The minimum atomic E-state index is 0.0192. The molecule has 0 heterocycles.